The van der Waals surface area contributed by atoms with Crippen molar-refractivity contribution in [2.75, 3.05) is 4.90 Å². The number of benzene rings is 7. The van der Waals surface area contributed by atoms with Gasteiger partial charge in [0.25, 0.3) is 0 Å². The third-order valence-corrected chi connectivity index (χ3v) is 8.93. The summed E-state index contributed by atoms with van der Waals surface area (Å²) in [5.41, 5.74) is 9.64. The van der Waals surface area contributed by atoms with Crippen LogP contribution in [-0.2, 0) is 0 Å². The van der Waals surface area contributed by atoms with Crippen molar-refractivity contribution in [2.24, 2.45) is 0 Å². The Morgan fingerprint density at radius 1 is 0.360 bits per heavy atom. The van der Waals surface area contributed by atoms with Crippen LogP contribution in [0.3, 0.4) is 0 Å². The maximum atomic E-state index is 6.66. The van der Waals surface area contributed by atoms with Gasteiger partial charge in [-0.25, -0.2) is 15.0 Å². The summed E-state index contributed by atoms with van der Waals surface area (Å²) in [5.74, 6) is 1.78. The van der Waals surface area contributed by atoms with Crippen LogP contribution in [0.2, 0.25) is 0 Å². The lowest BCUT2D eigenvalue weighted by Crippen LogP contribution is -2.09. The van der Waals surface area contributed by atoms with Crippen LogP contribution in [0.1, 0.15) is 0 Å². The minimum Gasteiger partial charge on any atom is -0.455 e. The van der Waals surface area contributed by atoms with E-state index in [1.165, 1.54) is 0 Å². The van der Waals surface area contributed by atoms with Gasteiger partial charge in [0.1, 0.15) is 11.2 Å². The van der Waals surface area contributed by atoms with Crippen molar-refractivity contribution in [3.8, 4) is 45.3 Å². The number of aromatic nitrogens is 3. The van der Waals surface area contributed by atoms with Crippen LogP contribution in [0.15, 0.2) is 186 Å². The number of nitrogens with zero attached hydrogens (tertiary/aromatic N) is 4. The van der Waals surface area contributed by atoms with E-state index < -0.39 is 0 Å². The second-order valence-corrected chi connectivity index (χ2v) is 12.1. The Balaban J connectivity index is 1.21. The van der Waals surface area contributed by atoms with E-state index in [9.17, 15) is 0 Å². The third kappa shape index (κ3) is 5.37. The maximum absolute atomic E-state index is 6.66. The first-order valence-electron chi connectivity index (χ1n) is 16.6. The molecular formula is C45H30N4O. The van der Waals surface area contributed by atoms with E-state index in [1.807, 2.05) is 84.9 Å². The molecule has 0 aliphatic carbocycles. The number of rotatable bonds is 7. The molecular weight excluding hydrogens is 613 g/mol. The molecule has 0 atom stereocenters. The Labute approximate surface area is 289 Å². The predicted molar refractivity (Wildman–Crippen MR) is 204 cm³/mol. The summed E-state index contributed by atoms with van der Waals surface area (Å²) in [7, 11) is 0. The molecule has 0 amide bonds. The van der Waals surface area contributed by atoms with Gasteiger partial charge in [-0.1, -0.05) is 133 Å². The van der Waals surface area contributed by atoms with Crippen molar-refractivity contribution in [3.05, 3.63) is 182 Å². The van der Waals surface area contributed by atoms with Crippen LogP contribution >= 0.6 is 0 Å². The van der Waals surface area contributed by atoms with Crippen LogP contribution in [-0.4, -0.2) is 15.0 Å². The number of anilines is 3. The number of fused-ring (bicyclic) bond motifs is 3. The van der Waals surface area contributed by atoms with Gasteiger partial charge in [0.2, 0.25) is 0 Å². The Bertz CT molecular complexity index is 2470. The van der Waals surface area contributed by atoms with Gasteiger partial charge < -0.3 is 9.32 Å². The Kier molecular flexibility index (Phi) is 7.41. The molecule has 5 heteroatoms. The molecule has 2 heterocycles. The first-order chi connectivity index (χ1) is 24.8. The Hall–Kier alpha value is -6.85. The van der Waals surface area contributed by atoms with Gasteiger partial charge in [-0.05, 0) is 59.7 Å². The Morgan fingerprint density at radius 3 is 1.40 bits per heavy atom. The van der Waals surface area contributed by atoms with E-state index in [0.717, 1.165) is 66.8 Å². The highest BCUT2D eigenvalue weighted by molar-refractivity contribution is 6.16. The number of para-hydroxylation sites is 3. The molecule has 236 valence electrons. The molecule has 0 aliphatic rings. The quantitative estimate of drug-likeness (QED) is 0.173. The molecule has 0 saturated heterocycles. The van der Waals surface area contributed by atoms with E-state index in [2.05, 4.69) is 102 Å². The van der Waals surface area contributed by atoms with Gasteiger partial charge >= 0.3 is 0 Å². The topological polar surface area (TPSA) is 55.1 Å². The van der Waals surface area contributed by atoms with Crippen molar-refractivity contribution < 1.29 is 4.42 Å². The first-order valence-corrected chi connectivity index (χ1v) is 16.6. The van der Waals surface area contributed by atoms with Gasteiger partial charge in [-0.3, -0.25) is 0 Å². The van der Waals surface area contributed by atoms with Crippen LogP contribution in [0.25, 0.3) is 67.2 Å². The average molecular weight is 643 g/mol. The number of hydrogen-bond donors (Lipinski definition) is 0. The zero-order valence-corrected chi connectivity index (χ0v) is 27.0. The van der Waals surface area contributed by atoms with Gasteiger partial charge in [-0.2, -0.15) is 0 Å². The molecule has 50 heavy (non-hydrogen) atoms. The van der Waals surface area contributed by atoms with Crippen molar-refractivity contribution in [2.45, 2.75) is 0 Å². The van der Waals surface area contributed by atoms with E-state index in [0.29, 0.717) is 17.5 Å². The molecule has 9 aromatic rings. The molecule has 0 N–H and O–H groups in total. The van der Waals surface area contributed by atoms with Gasteiger partial charge in [0.05, 0.1) is 5.56 Å². The second kappa shape index (κ2) is 12.6. The van der Waals surface area contributed by atoms with Crippen molar-refractivity contribution in [1.29, 1.82) is 0 Å². The fourth-order valence-corrected chi connectivity index (χ4v) is 6.57. The van der Waals surface area contributed by atoms with Crippen LogP contribution < -0.4 is 4.90 Å². The minimum atomic E-state index is 0.560. The van der Waals surface area contributed by atoms with E-state index in [4.69, 9.17) is 19.4 Å². The number of hydrogen-bond acceptors (Lipinski definition) is 5. The van der Waals surface area contributed by atoms with Crippen LogP contribution in [0.4, 0.5) is 17.1 Å². The summed E-state index contributed by atoms with van der Waals surface area (Å²) >= 11 is 0. The van der Waals surface area contributed by atoms with Crippen LogP contribution in [0, 0.1) is 0 Å². The highest BCUT2D eigenvalue weighted by atomic mass is 16.3. The predicted octanol–water partition coefficient (Wildman–Crippen LogP) is 11.9. The monoisotopic (exact) mass is 642 g/mol. The SMILES string of the molecule is c1ccc(-c2nc(-c3ccccc3)nc(-c3ccc(-c4ccc(N(c5ccccc5)c5ccccc5)cc4)c4c3oc3ccccc34)n2)cc1. The molecule has 0 unspecified atom stereocenters. The smallest absolute Gasteiger partial charge is 0.167 e. The summed E-state index contributed by atoms with van der Waals surface area (Å²) in [4.78, 5) is 17.2. The molecule has 7 aromatic carbocycles. The van der Waals surface area contributed by atoms with E-state index in [1.54, 1.807) is 0 Å². The molecule has 9 rings (SSSR count). The van der Waals surface area contributed by atoms with Crippen molar-refractivity contribution >= 4 is 39.0 Å². The number of furan rings is 1. The van der Waals surface area contributed by atoms with E-state index in [-0.39, 0.29) is 0 Å². The van der Waals surface area contributed by atoms with Crippen molar-refractivity contribution in [3.63, 3.8) is 0 Å². The largest absolute Gasteiger partial charge is 0.455 e. The normalized spacial score (nSPS) is 11.2. The molecule has 0 spiro atoms. The fourth-order valence-electron chi connectivity index (χ4n) is 6.57. The van der Waals surface area contributed by atoms with Gasteiger partial charge in [0.15, 0.2) is 17.5 Å². The summed E-state index contributed by atoms with van der Waals surface area (Å²) in [6, 6.07) is 62.1. The fraction of sp³-hybridized carbons (Fsp3) is 0. The van der Waals surface area contributed by atoms with E-state index >= 15 is 0 Å². The molecule has 0 aliphatic heterocycles. The molecule has 2 aromatic heterocycles. The Morgan fingerprint density at radius 2 is 0.820 bits per heavy atom. The van der Waals surface area contributed by atoms with Gasteiger partial charge in [0, 0.05) is 39.0 Å². The summed E-state index contributed by atoms with van der Waals surface area (Å²) in [5, 5.41) is 2.07. The van der Waals surface area contributed by atoms with Crippen LogP contribution in [0.5, 0.6) is 0 Å². The maximum Gasteiger partial charge on any atom is 0.167 e. The lowest BCUT2D eigenvalue weighted by Gasteiger charge is -2.25. The molecule has 0 bridgehead atoms. The molecule has 0 fully saturated rings. The molecule has 0 saturated carbocycles. The minimum absolute atomic E-state index is 0.560. The first kappa shape index (κ1) is 29.3. The average Bonchev–Trinajstić information content (AvgIpc) is 3.59. The summed E-state index contributed by atoms with van der Waals surface area (Å²) in [6.07, 6.45) is 0. The molecule has 5 nitrogen and oxygen atoms in total. The highest BCUT2D eigenvalue weighted by Gasteiger charge is 2.21. The van der Waals surface area contributed by atoms with Crippen molar-refractivity contribution in [1.82, 2.24) is 15.0 Å². The third-order valence-electron chi connectivity index (χ3n) is 8.93. The summed E-state index contributed by atoms with van der Waals surface area (Å²) in [6.45, 7) is 0. The zero-order chi connectivity index (χ0) is 33.3. The standard InChI is InChI=1S/C45H30N4O/c1-5-15-32(16-6-1)43-46-44(33-17-7-2-8-18-33)48-45(47-43)39-30-29-37(41-38-23-13-14-24-40(38)50-42(39)41)31-25-27-36(28-26-31)49(34-19-9-3-10-20-34)35-21-11-4-12-22-35/h1-30H. The second-order valence-electron chi connectivity index (χ2n) is 12.1. The lowest BCUT2D eigenvalue weighted by atomic mass is 9.96. The molecule has 0 radical (unpaired) electrons. The highest BCUT2D eigenvalue weighted by Crippen LogP contribution is 2.42. The lowest BCUT2D eigenvalue weighted by molar-refractivity contribution is 0.669. The zero-order valence-electron chi connectivity index (χ0n) is 27.0. The van der Waals surface area contributed by atoms with Gasteiger partial charge in [-0.15, -0.1) is 0 Å². The summed E-state index contributed by atoms with van der Waals surface area (Å²) < 4.78 is 6.66.